The molecule has 0 saturated heterocycles. The lowest BCUT2D eigenvalue weighted by atomic mass is 9.77. The van der Waals surface area contributed by atoms with E-state index in [-0.39, 0.29) is 12.5 Å². The van der Waals surface area contributed by atoms with Crippen molar-refractivity contribution in [3.8, 4) is 5.69 Å². The number of nitrogens with two attached hydrogens (primary N) is 1. The van der Waals surface area contributed by atoms with Crippen molar-refractivity contribution in [2.75, 3.05) is 12.3 Å². The summed E-state index contributed by atoms with van der Waals surface area (Å²) in [6.07, 6.45) is 4.38. The zero-order valence-electron chi connectivity index (χ0n) is 11.6. The van der Waals surface area contributed by atoms with E-state index in [1.54, 1.807) is 29.1 Å². The van der Waals surface area contributed by atoms with Crippen LogP contribution in [-0.2, 0) is 0 Å². The van der Waals surface area contributed by atoms with Gasteiger partial charge in [-0.05, 0) is 49.6 Å². The number of rotatable bonds is 4. The van der Waals surface area contributed by atoms with Gasteiger partial charge in [-0.25, -0.2) is 4.68 Å². The van der Waals surface area contributed by atoms with Crippen molar-refractivity contribution in [3.63, 3.8) is 0 Å². The molecule has 0 aliphatic heterocycles. The van der Waals surface area contributed by atoms with E-state index < -0.39 is 5.54 Å². The van der Waals surface area contributed by atoms with Gasteiger partial charge < -0.3 is 16.2 Å². The number of hydrogen-bond donors (Lipinski definition) is 3. The molecule has 0 radical (unpaired) electrons. The van der Waals surface area contributed by atoms with Gasteiger partial charge >= 0.3 is 0 Å². The van der Waals surface area contributed by atoms with Crippen LogP contribution in [0.2, 0.25) is 0 Å². The molecule has 6 heteroatoms. The minimum Gasteiger partial charge on any atom is -0.399 e. The number of carbonyl (C=O) groups is 1. The highest BCUT2D eigenvalue weighted by molar-refractivity contribution is 5.92. The van der Waals surface area contributed by atoms with Crippen LogP contribution < -0.4 is 11.1 Å². The summed E-state index contributed by atoms with van der Waals surface area (Å²) in [5.41, 5.74) is 7.05. The molecule has 1 heterocycles. The molecule has 21 heavy (non-hydrogen) atoms. The lowest BCUT2D eigenvalue weighted by Crippen LogP contribution is -2.56. The second-order valence-corrected chi connectivity index (χ2v) is 5.48. The van der Waals surface area contributed by atoms with E-state index in [9.17, 15) is 9.90 Å². The zero-order valence-corrected chi connectivity index (χ0v) is 11.6. The van der Waals surface area contributed by atoms with E-state index in [4.69, 9.17) is 5.73 Å². The van der Waals surface area contributed by atoms with Crippen LogP contribution in [0, 0.1) is 0 Å². The van der Waals surface area contributed by atoms with E-state index in [1.807, 2.05) is 12.1 Å². The predicted molar refractivity (Wildman–Crippen MR) is 79.1 cm³/mol. The Kier molecular flexibility index (Phi) is 3.39. The van der Waals surface area contributed by atoms with Crippen LogP contribution in [0.3, 0.4) is 0 Å². The average molecular weight is 286 g/mol. The number of anilines is 1. The normalized spacial score (nSPS) is 16.2. The Morgan fingerprint density at radius 2 is 2.05 bits per heavy atom. The van der Waals surface area contributed by atoms with E-state index in [1.165, 1.54) is 0 Å². The predicted octanol–water partition coefficient (Wildman–Crippen LogP) is 1.10. The Morgan fingerprint density at radius 1 is 1.33 bits per heavy atom. The number of aliphatic hydroxyl groups is 1. The Labute approximate surface area is 122 Å². The molecule has 1 amide bonds. The SMILES string of the molecule is Nc1ccc(-n2ccc(C(=O)NC3(CO)CCC3)n2)cc1. The molecule has 1 saturated carbocycles. The average Bonchev–Trinajstić information content (AvgIpc) is 2.93. The van der Waals surface area contributed by atoms with Crippen LogP contribution in [0.1, 0.15) is 29.8 Å². The quantitative estimate of drug-likeness (QED) is 0.734. The minimum absolute atomic E-state index is 0.0303. The number of amides is 1. The number of carbonyl (C=O) groups excluding carboxylic acids is 1. The summed E-state index contributed by atoms with van der Waals surface area (Å²) in [6, 6.07) is 8.91. The maximum Gasteiger partial charge on any atom is 0.272 e. The van der Waals surface area contributed by atoms with Crippen molar-refractivity contribution in [3.05, 3.63) is 42.2 Å². The second-order valence-electron chi connectivity index (χ2n) is 5.48. The van der Waals surface area contributed by atoms with Gasteiger partial charge in [0.2, 0.25) is 0 Å². The number of nitrogen functional groups attached to an aromatic ring is 1. The smallest absolute Gasteiger partial charge is 0.272 e. The van der Waals surface area contributed by atoms with Gasteiger partial charge in [-0.3, -0.25) is 4.79 Å². The van der Waals surface area contributed by atoms with Gasteiger partial charge in [-0.15, -0.1) is 0 Å². The van der Waals surface area contributed by atoms with E-state index in [0.29, 0.717) is 11.4 Å². The topological polar surface area (TPSA) is 93.2 Å². The number of hydrogen-bond acceptors (Lipinski definition) is 4. The molecule has 3 rings (SSSR count). The molecule has 110 valence electrons. The van der Waals surface area contributed by atoms with Crippen LogP contribution in [0.15, 0.2) is 36.5 Å². The summed E-state index contributed by atoms with van der Waals surface area (Å²) < 4.78 is 1.63. The molecule has 0 spiro atoms. The maximum atomic E-state index is 12.2. The van der Waals surface area contributed by atoms with E-state index in [0.717, 1.165) is 24.9 Å². The van der Waals surface area contributed by atoms with Gasteiger partial charge in [0.05, 0.1) is 17.8 Å². The lowest BCUT2D eigenvalue weighted by molar-refractivity contribution is 0.0637. The Balaban J connectivity index is 1.75. The Hall–Kier alpha value is -2.34. The number of nitrogens with one attached hydrogen (secondary N) is 1. The first-order chi connectivity index (χ1) is 10.1. The summed E-state index contributed by atoms with van der Waals surface area (Å²) in [4.78, 5) is 12.2. The fourth-order valence-electron chi connectivity index (χ4n) is 2.45. The second kappa shape index (κ2) is 5.21. The molecule has 0 unspecified atom stereocenters. The molecule has 0 bridgehead atoms. The number of benzene rings is 1. The highest BCUT2D eigenvalue weighted by Gasteiger charge is 2.38. The van der Waals surface area contributed by atoms with Crippen LogP contribution in [0.4, 0.5) is 5.69 Å². The van der Waals surface area contributed by atoms with Gasteiger partial charge in [0.25, 0.3) is 5.91 Å². The fourth-order valence-corrected chi connectivity index (χ4v) is 2.45. The molecule has 1 aromatic carbocycles. The lowest BCUT2D eigenvalue weighted by Gasteiger charge is -2.40. The molecule has 6 nitrogen and oxygen atoms in total. The molecule has 0 atom stereocenters. The third kappa shape index (κ3) is 2.62. The monoisotopic (exact) mass is 286 g/mol. The molecule has 4 N–H and O–H groups in total. The largest absolute Gasteiger partial charge is 0.399 e. The third-order valence-corrected chi connectivity index (χ3v) is 3.97. The molecular weight excluding hydrogens is 268 g/mol. The highest BCUT2D eigenvalue weighted by Crippen LogP contribution is 2.31. The van der Waals surface area contributed by atoms with Gasteiger partial charge in [0.1, 0.15) is 0 Å². The van der Waals surface area contributed by atoms with Crippen molar-refractivity contribution in [2.45, 2.75) is 24.8 Å². The van der Waals surface area contributed by atoms with Gasteiger partial charge in [-0.2, -0.15) is 5.10 Å². The first-order valence-electron chi connectivity index (χ1n) is 6.97. The number of aliphatic hydroxyl groups excluding tert-OH is 1. The number of aromatic nitrogens is 2. The summed E-state index contributed by atoms with van der Waals surface area (Å²) in [5, 5.41) is 16.5. The molecular formula is C15H18N4O2. The van der Waals surface area contributed by atoms with Crippen LogP contribution >= 0.6 is 0 Å². The van der Waals surface area contributed by atoms with Crippen molar-refractivity contribution in [1.82, 2.24) is 15.1 Å². The third-order valence-electron chi connectivity index (χ3n) is 3.97. The van der Waals surface area contributed by atoms with Crippen molar-refractivity contribution >= 4 is 11.6 Å². The summed E-state index contributed by atoms with van der Waals surface area (Å²) >= 11 is 0. The molecule has 1 aromatic heterocycles. The van der Waals surface area contributed by atoms with Crippen molar-refractivity contribution < 1.29 is 9.90 Å². The van der Waals surface area contributed by atoms with Crippen molar-refractivity contribution in [1.29, 1.82) is 0 Å². The van der Waals surface area contributed by atoms with Gasteiger partial charge in [0, 0.05) is 11.9 Å². The van der Waals surface area contributed by atoms with Crippen molar-refractivity contribution in [2.24, 2.45) is 0 Å². The molecule has 1 fully saturated rings. The van der Waals surface area contributed by atoms with E-state index in [2.05, 4.69) is 10.4 Å². The zero-order chi connectivity index (χ0) is 14.9. The highest BCUT2D eigenvalue weighted by atomic mass is 16.3. The Bertz CT molecular complexity index is 638. The Morgan fingerprint density at radius 3 is 2.62 bits per heavy atom. The summed E-state index contributed by atoms with van der Waals surface area (Å²) in [6.45, 7) is -0.0303. The summed E-state index contributed by atoms with van der Waals surface area (Å²) in [5.74, 6) is -0.252. The molecule has 1 aliphatic rings. The van der Waals surface area contributed by atoms with Gasteiger partial charge in [-0.1, -0.05) is 0 Å². The first-order valence-corrected chi connectivity index (χ1v) is 6.97. The minimum atomic E-state index is -0.456. The summed E-state index contributed by atoms with van der Waals surface area (Å²) in [7, 11) is 0. The molecule has 1 aliphatic carbocycles. The molecule has 2 aromatic rings. The van der Waals surface area contributed by atoms with Crippen LogP contribution in [-0.4, -0.2) is 32.9 Å². The van der Waals surface area contributed by atoms with Crippen LogP contribution in [0.5, 0.6) is 0 Å². The fraction of sp³-hybridized carbons (Fsp3) is 0.333. The standard InChI is InChI=1S/C15H18N4O2/c16-11-2-4-12(5-3-11)19-9-6-13(18-19)14(21)17-15(10-20)7-1-8-15/h2-6,9,20H,1,7-8,10,16H2,(H,17,21). The maximum absolute atomic E-state index is 12.2. The van der Waals surface area contributed by atoms with Gasteiger partial charge in [0.15, 0.2) is 5.69 Å². The van der Waals surface area contributed by atoms with Crippen LogP contribution in [0.25, 0.3) is 5.69 Å². The van der Waals surface area contributed by atoms with E-state index >= 15 is 0 Å². The first kappa shape index (κ1) is 13.6. The number of nitrogens with zero attached hydrogens (tertiary/aromatic N) is 2.